The van der Waals surface area contributed by atoms with Crippen molar-refractivity contribution in [2.75, 3.05) is 0 Å². The van der Waals surface area contributed by atoms with Gasteiger partial charge < -0.3 is 9.15 Å². The van der Waals surface area contributed by atoms with Crippen LogP contribution in [0.4, 0.5) is 0 Å². The van der Waals surface area contributed by atoms with E-state index in [-0.39, 0.29) is 0 Å². The monoisotopic (exact) mass is 344 g/mol. The highest BCUT2D eigenvalue weighted by Gasteiger charge is 2.13. The number of ether oxygens (including phenoxy) is 1. The zero-order valence-corrected chi connectivity index (χ0v) is 11.4. The van der Waals surface area contributed by atoms with Gasteiger partial charge in [-0.25, -0.2) is 4.79 Å². The van der Waals surface area contributed by atoms with Gasteiger partial charge in [0.15, 0.2) is 5.75 Å². The van der Waals surface area contributed by atoms with E-state index >= 15 is 0 Å². The summed E-state index contributed by atoms with van der Waals surface area (Å²) in [5.74, 6) is 0.0397. The van der Waals surface area contributed by atoms with Gasteiger partial charge in [0.25, 0.3) is 0 Å². The van der Waals surface area contributed by atoms with Crippen LogP contribution in [0.3, 0.4) is 0 Å². The Morgan fingerprint density at radius 1 is 1.41 bits per heavy atom. The number of benzene rings is 1. The molecule has 5 heteroatoms. The molecule has 0 saturated carbocycles. The third-order valence-electron chi connectivity index (χ3n) is 2.26. The first-order valence-electron chi connectivity index (χ1n) is 4.90. The highest BCUT2D eigenvalue weighted by molar-refractivity contribution is 14.1. The van der Waals surface area contributed by atoms with Crippen LogP contribution in [0.25, 0.3) is 11.0 Å². The summed E-state index contributed by atoms with van der Waals surface area (Å²) in [5.41, 5.74) is 0.739. The van der Waals surface area contributed by atoms with E-state index in [2.05, 4.69) is 22.6 Å². The fourth-order valence-electron chi connectivity index (χ4n) is 1.63. The number of carbonyl (C=O) groups is 1. The average molecular weight is 344 g/mol. The van der Waals surface area contributed by atoms with E-state index < -0.39 is 11.6 Å². The third-order valence-corrected chi connectivity index (χ3v) is 3.11. The number of esters is 1. The first-order valence-corrected chi connectivity index (χ1v) is 5.98. The topological polar surface area (TPSA) is 56.5 Å². The zero-order chi connectivity index (χ0) is 12.6. The molecule has 1 aromatic carbocycles. The largest absolute Gasteiger partial charge is 0.425 e. The van der Waals surface area contributed by atoms with Crippen LogP contribution in [-0.2, 0) is 4.79 Å². The fourth-order valence-corrected chi connectivity index (χ4v) is 2.19. The normalized spacial score (nSPS) is 10.5. The zero-order valence-electron chi connectivity index (χ0n) is 9.24. The number of fused-ring (bicyclic) bond motifs is 1. The van der Waals surface area contributed by atoms with Crippen LogP contribution in [0.15, 0.2) is 27.4 Å². The lowest BCUT2D eigenvalue weighted by Gasteiger charge is -2.09. The van der Waals surface area contributed by atoms with E-state index in [0.717, 1.165) is 9.13 Å². The molecule has 2 aromatic rings. The molecule has 17 heavy (non-hydrogen) atoms. The highest BCUT2D eigenvalue weighted by Crippen LogP contribution is 2.32. The van der Waals surface area contributed by atoms with Crippen LogP contribution in [0.5, 0.6) is 5.75 Å². The molecule has 0 atom stereocenters. The van der Waals surface area contributed by atoms with Crippen molar-refractivity contribution in [3.05, 3.63) is 37.8 Å². The van der Waals surface area contributed by atoms with Gasteiger partial charge in [0, 0.05) is 13.0 Å². The molecule has 88 valence electrons. The quantitative estimate of drug-likeness (QED) is 0.345. The Bertz CT molecular complexity index is 657. The standard InChI is InChI=1S/C12H9IO4/c1-6-5-10(15)17-9-4-3-8(13)12(11(6)9)16-7(2)14/h3-5H,1-2H3. The second-order valence-corrected chi connectivity index (χ2v) is 4.75. The van der Waals surface area contributed by atoms with Crippen molar-refractivity contribution in [2.24, 2.45) is 0 Å². The van der Waals surface area contributed by atoms with Crippen molar-refractivity contribution in [1.82, 2.24) is 0 Å². The minimum atomic E-state index is -0.412. The van der Waals surface area contributed by atoms with Crippen molar-refractivity contribution in [2.45, 2.75) is 13.8 Å². The first-order chi connectivity index (χ1) is 7.99. The molecule has 0 fully saturated rings. The Morgan fingerprint density at radius 3 is 2.76 bits per heavy atom. The van der Waals surface area contributed by atoms with Crippen LogP contribution < -0.4 is 10.4 Å². The van der Waals surface area contributed by atoms with Gasteiger partial charge in [0.05, 0.1) is 8.96 Å². The maximum atomic E-state index is 11.2. The summed E-state index contributed by atoms with van der Waals surface area (Å²) in [6.45, 7) is 3.12. The van der Waals surface area contributed by atoms with Crippen molar-refractivity contribution >= 4 is 39.5 Å². The van der Waals surface area contributed by atoms with Gasteiger partial charge in [-0.2, -0.15) is 0 Å². The molecule has 0 bridgehead atoms. The summed E-state index contributed by atoms with van der Waals surface area (Å²) in [6, 6.07) is 4.81. The number of carbonyl (C=O) groups excluding carboxylic acids is 1. The lowest BCUT2D eigenvalue weighted by atomic mass is 10.1. The van der Waals surface area contributed by atoms with Crippen molar-refractivity contribution in [3.63, 3.8) is 0 Å². The van der Waals surface area contributed by atoms with Crippen molar-refractivity contribution < 1.29 is 13.9 Å². The van der Waals surface area contributed by atoms with Crippen LogP contribution in [0, 0.1) is 10.5 Å². The molecule has 0 aliphatic heterocycles. The first kappa shape index (κ1) is 12.1. The predicted octanol–water partition coefficient (Wildman–Crippen LogP) is 2.63. The van der Waals surface area contributed by atoms with Crippen LogP contribution in [0.1, 0.15) is 12.5 Å². The number of halogens is 1. The number of hydrogen-bond donors (Lipinski definition) is 0. The predicted molar refractivity (Wildman–Crippen MR) is 71.2 cm³/mol. The van der Waals surface area contributed by atoms with E-state index in [4.69, 9.17) is 9.15 Å². The smallest absolute Gasteiger partial charge is 0.336 e. The van der Waals surface area contributed by atoms with Gasteiger partial charge >= 0.3 is 11.6 Å². The fraction of sp³-hybridized carbons (Fsp3) is 0.167. The Balaban J connectivity index is 2.84. The molecule has 1 heterocycles. The van der Waals surface area contributed by atoms with E-state index in [1.54, 1.807) is 19.1 Å². The molecule has 0 saturated heterocycles. The minimum absolute atomic E-state index is 0.402. The molecule has 0 spiro atoms. The van der Waals surface area contributed by atoms with E-state index in [1.165, 1.54) is 13.0 Å². The molecular weight excluding hydrogens is 335 g/mol. The summed E-state index contributed by atoms with van der Waals surface area (Å²) in [5, 5.41) is 0.659. The maximum Gasteiger partial charge on any atom is 0.336 e. The summed E-state index contributed by atoms with van der Waals surface area (Å²) < 4.78 is 11.0. The van der Waals surface area contributed by atoms with E-state index in [9.17, 15) is 9.59 Å². The third kappa shape index (κ3) is 2.33. The second-order valence-electron chi connectivity index (χ2n) is 3.59. The van der Waals surface area contributed by atoms with Gasteiger partial charge in [0.1, 0.15) is 5.58 Å². The van der Waals surface area contributed by atoms with E-state index in [1.807, 2.05) is 0 Å². The van der Waals surface area contributed by atoms with Gasteiger partial charge in [-0.05, 0) is 47.2 Å². The molecule has 0 N–H and O–H groups in total. The highest BCUT2D eigenvalue weighted by atomic mass is 127. The number of aryl methyl sites for hydroxylation is 1. The van der Waals surface area contributed by atoms with E-state index in [0.29, 0.717) is 16.7 Å². The lowest BCUT2D eigenvalue weighted by Crippen LogP contribution is -2.05. The van der Waals surface area contributed by atoms with Crippen LogP contribution in [-0.4, -0.2) is 5.97 Å². The Morgan fingerprint density at radius 2 is 2.12 bits per heavy atom. The number of rotatable bonds is 1. The van der Waals surface area contributed by atoms with Crippen LogP contribution in [0.2, 0.25) is 0 Å². The summed E-state index contributed by atoms with van der Waals surface area (Å²) in [7, 11) is 0. The Hall–Kier alpha value is -1.37. The molecule has 0 radical (unpaired) electrons. The second kappa shape index (κ2) is 4.48. The molecule has 2 rings (SSSR count). The molecule has 0 unspecified atom stereocenters. The summed E-state index contributed by atoms with van der Waals surface area (Å²) in [4.78, 5) is 22.3. The maximum absolute atomic E-state index is 11.2. The number of hydrogen-bond acceptors (Lipinski definition) is 4. The molecular formula is C12H9IO4. The minimum Gasteiger partial charge on any atom is -0.425 e. The SMILES string of the molecule is CC(=O)Oc1c(I)ccc2oc(=O)cc(C)c12. The molecule has 0 amide bonds. The average Bonchev–Trinajstić information content (AvgIpc) is 2.21. The van der Waals surface area contributed by atoms with Gasteiger partial charge in [-0.1, -0.05) is 0 Å². The molecule has 0 aliphatic carbocycles. The van der Waals surface area contributed by atoms with Crippen LogP contribution >= 0.6 is 22.6 Å². The van der Waals surface area contributed by atoms with Gasteiger partial charge in [-0.15, -0.1) is 0 Å². The Kier molecular flexibility index (Phi) is 3.19. The van der Waals surface area contributed by atoms with Gasteiger partial charge in [-0.3, -0.25) is 4.79 Å². The molecule has 1 aromatic heterocycles. The van der Waals surface area contributed by atoms with Gasteiger partial charge in [0.2, 0.25) is 0 Å². The molecule has 0 aliphatic rings. The molecule has 4 nitrogen and oxygen atoms in total. The summed E-state index contributed by atoms with van der Waals surface area (Å²) in [6.07, 6.45) is 0. The summed E-state index contributed by atoms with van der Waals surface area (Å²) >= 11 is 2.07. The Labute approximate surface area is 111 Å². The van der Waals surface area contributed by atoms with Crippen molar-refractivity contribution in [1.29, 1.82) is 0 Å². The van der Waals surface area contributed by atoms with Crippen molar-refractivity contribution in [3.8, 4) is 5.75 Å². The lowest BCUT2D eigenvalue weighted by molar-refractivity contribution is -0.131.